The fourth-order valence-corrected chi connectivity index (χ4v) is 8.89. The van der Waals surface area contributed by atoms with Gasteiger partial charge in [-0.1, -0.05) is 46.4 Å². The molecule has 3 heterocycles. The summed E-state index contributed by atoms with van der Waals surface area (Å²) in [7, 11) is -4.55. The van der Waals surface area contributed by atoms with Crippen LogP contribution in [0.5, 0.6) is 11.5 Å². The molecule has 6 aromatic rings. The van der Waals surface area contributed by atoms with Crippen molar-refractivity contribution >= 4 is 68.4 Å². The Kier molecular flexibility index (Phi) is 13.4. The number of hydrogen-bond donors (Lipinski definition) is 2. The van der Waals surface area contributed by atoms with E-state index in [0.717, 1.165) is 0 Å². The SMILES string of the molecule is Cc1c(C(=O)NN2CCC(OC(=O)c3nn(-c4ccc(Cl)cc4Cl)c(-c4ccc(O)cc4)c3C)CC2)nn(-c2ccc(Cl)cc2Cl)c1-c1ccc(OS(=O)(=O)CCC(F)(F)F)cc1. The monoisotopic (exact) mass is 964 g/mol. The molecule has 1 aliphatic heterocycles. The van der Waals surface area contributed by atoms with Crippen molar-refractivity contribution in [2.75, 3.05) is 18.8 Å². The first-order valence-electron chi connectivity index (χ1n) is 19.0. The number of carbonyl (C=O) groups excluding carboxylic acids is 2. The number of phenolic OH excluding ortho intramolecular Hbond substituents is 1. The Balaban J connectivity index is 1.06. The number of carbonyl (C=O) groups is 2. The predicted molar refractivity (Wildman–Crippen MR) is 232 cm³/mol. The van der Waals surface area contributed by atoms with E-state index in [9.17, 15) is 36.3 Å². The number of amides is 1. The van der Waals surface area contributed by atoms with Gasteiger partial charge in [0, 0.05) is 45.4 Å². The number of esters is 1. The van der Waals surface area contributed by atoms with Gasteiger partial charge in [0.15, 0.2) is 11.4 Å². The van der Waals surface area contributed by atoms with Crippen molar-refractivity contribution in [3.63, 3.8) is 0 Å². The van der Waals surface area contributed by atoms with Gasteiger partial charge in [-0.15, -0.1) is 0 Å². The zero-order valence-corrected chi connectivity index (χ0v) is 36.9. The number of halogens is 7. The Bertz CT molecular complexity index is 2810. The van der Waals surface area contributed by atoms with E-state index in [1.54, 1.807) is 61.3 Å². The second-order valence-electron chi connectivity index (χ2n) is 14.5. The van der Waals surface area contributed by atoms with E-state index in [0.29, 0.717) is 86.0 Å². The zero-order valence-electron chi connectivity index (χ0n) is 33.1. The maximum atomic E-state index is 13.9. The topological polar surface area (TPSA) is 158 Å². The first-order chi connectivity index (χ1) is 29.8. The van der Waals surface area contributed by atoms with E-state index in [1.165, 1.54) is 51.8 Å². The van der Waals surface area contributed by atoms with Crippen molar-refractivity contribution in [2.45, 2.75) is 45.4 Å². The second-order valence-corrected chi connectivity index (χ2v) is 17.9. The normalized spacial score (nSPS) is 13.9. The van der Waals surface area contributed by atoms with Crippen molar-refractivity contribution in [1.82, 2.24) is 30.0 Å². The minimum Gasteiger partial charge on any atom is -0.508 e. The van der Waals surface area contributed by atoms with Crippen LogP contribution in [-0.2, 0) is 14.9 Å². The lowest BCUT2D eigenvalue weighted by Gasteiger charge is -2.31. The number of benzene rings is 4. The van der Waals surface area contributed by atoms with E-state index in [1.807, 2.05) is 0 Å². The largest absolute Gasteiger partial charge is 0.508 e. The van der Waals surface area contributed by atoms with Crippen LogP contribution in [0, 0.1) is 13.8 Å². The third-order valence-electron chi connectivity index (χ3n) is 10.0. The van der Waals surface area contributed by atoms with E-state index >= 15 is 0 Å². The lowest BCUT2D eigenvalue weighted by molar-refractivity contribution is -0.130. The summed E-state index contributed by atoms with van der Waals surface area (Å²) in [5.41, 5.74) is 6.80. The van der Waals surface area contributed by atoms with Gasteiger partial charge in [0.2, 0.25) is 0 Å². The third-order valence-corrected chi connectivity index (χ3v) is 12.3. The molecule has 0 aliphatic carbocycles. The van der Waals surface area contributed by atoms with Crippen molar-refractivity contribution in [3.05, 3.63) is 128 Å². The molecule has 330 valence electrons. The van der Waals surface area contributed by atoms with Crippen LogP contribution >= 0.6 is 46.4 Å². The predicted octanol–water partition coefficient (Wildman–Crippen LogP) is 9.96. The van der Waals surface area contributed by atoms with Gasteiger partial charge in [-0.05, 0) is 112 Å². The van der Waals surface area contributed by atoms with Gasteiger partial charge in [0.25, 0.3) is 5.91 Å². The quantitative estimate of drug-likeness (QED) is 0.0894. The van der Waals surface area contributed by atoms with Gasteiger partial charge in [-0.3, -0.25) is 10.2 Å². The molecule has 4 aromatic carbocycles. The van der Waals surface area contributed by atoms with Crippen LogP contribution in [0.15, 0.2) is 84.9 Å². The van der Waals surface area contributed by atoms with Crippen LogP contribution in [0.4, 0.5) is 13.2 Å². The number of rotatable bonds is 12. The summed E-state index contributed by atoms with van der Waals surface area (Å²) in [6.07, 6.45) is -6.04. The van der Waals surface area contributed by atoms with Gasteiger partial charge in [0.05, 0.1) is 45.0 Å². The van der Waals surface area contributed by atoms with Crippen LogP contribution in [0.3, 0.4) is 0 Å². The molecule has 2 aromatic heterocycles. The third kappa shape index (κ3) is 10.6. The molecule has 13 nitrogen and oxygen atoms in total. The number of aromatic hydroxyl groups is 1. The standard InChI is InChI=1S/C42H35Cl4F3N6O7S/c1-23-36(50-54(34-13-7-27(43)21-32(34)45)38(23)26-5-11-31(12-6-26)62-63(59,60)20-17-42(47,48)49)40(57)52-53-18-15-30(16-19-53)61-41(58)37-24(2)39(25-3-9-29(56)10-4-25)55(51-37)35-14-8-28(44)22-33(35)46/h3-14,21-22,30,56H,15-20H2,1-2H3,(H,52,57). The number of hydrazine groups is 1. The molecule has 0 spiro atoms. The smallest absolute Gasteiger partial charge is 0.390 e. The summed E-state index contributed by atoms with van der Waals surface area (Å²) in [5, 5.41) is 22.1. The van der Waals surface area contributed by atoms with Crippen molar-refractivity contribution < 1.29 is 45.2 Å². The first-order valence-corrected chi connectivity index (χ1v) is 22.1. The van der Waals surface area contributed by atoms with E-state index in [4.69, 9.17) is 55.3 Å². The maximum absolute atomic E-state index is 13.9. The molecule has 2 N–H and O–H groups in total. The minimum absolute atomic E-state index is 0.0240. The summed E-state index contributed by atoms with van der Waals surface area (Å²) >= 11 is 25.5. The number of hydrogen-bond acceptors (Lipinski definition) is 10. The molecule has 0 saturated carbocycles. The Morgan fingerprint density at radius 1 is 0.778 bits per heavy atom. The van der Waals surface area contributed by atoms with E-state index < -0.39 is 46.4 Å². The summed E-state index contributed by atoms with van der Waals surface area (Å²) < 4.78 is 76.2. The molecular formula is C42H35Cl4F3N6O7S. The fraction of sp³-hybridized carbons (Fsp3) is 0.238. The number of nitrogens with one attached hydrogen (secondary N) is 1. The van der Waals surface area contributed by atoms with E-state index in [2.05, 4.69) is 15.6 Å². The molecular weight excluding hydrogens is 931 g/mol. The van der Waals surface area contributed by atoms with Crippen molar-refractivity contribution in [2.24, 2.45) is 0 Å². The molecule has 63 heavy (non-hydrogen) atoms. The second kappa shape index (κ2) is 18.4. The Morgan fingerprint density at radius 3 is 1.78 bits per heavy atom. The molecule has 0 bridgehead atoms. The lowest BCUT2D eigenvalue weighted by atomic mass is 10.1. The maximum Gasteiger partial charge on any atom is 0.390 e. The van der Waals surface area contributed by atoms with Crippen LogP contribution in [0.25, 0.3) is 33.9 Å². The molecule has 0 unspecified atom stereocenters. The van der Waals surface area contributed by atoms with E-state index in [-0.39, 0.29) is 27.9 Å². The molecule has 1 saturated heterocycles. The van der Waals surface area contributed by atoms with Crippen LogP contribution < -0.4 is 9.61 Å². The van der Waals surface area contributed by atoms with Gasteiger partial charge in [0.1, 0.15) is 17.6 Å². The van der Waals surface area contributed by atoms with Gasteiger partial charge >= 0.3 is 22.3 Å². The van der Waals surface area contributed by atoms with Gasteiger partial charge in [-0.25, -0.2) is 19.2 Å². The van der Waals surface area contributed by atoms with Gasteiger partial charge < -0.3 is 14.0 Å². The Hall–Kier alpha value is -5.30. The fourth-order valence-electron chi connectivity index (χ4n) is 6.94. The molecule has 21 heteroatoms. The molecule has 7 rings (SSSR count). The highest BCUT2D eigenvalue weighted by Crippen LogP contribution is 2.36. The summed E-state index contributed by atoms with van der Waals surface area (Å²) in [4.78, 5) is 27.6. The molecule has 0 atom stereocenters. The van der Waals surface area contributed by atoms with Crippen LogP contribution in [0.2, 0.25) is 20.1 Å². The molecule has 1 aliphatic rings. The highest BCUT2D eigenvalue weighted by molar-refractivity contribution is 7.87. The molecule has 1 fully saturated rings. The summed E-state index contributed by atoms with van der Waals surface area (Å²) in [6.45, 7) is 4.01. The summed E-state index contributed by atoms with van der Waals surface area (Å²) in [5.74, 6) is -2.62. The zero-order chi connectivity index (χ0) is 45.4. The number of aromatic nitrogens is 4. The number of piperidine rings is 1. The average Bonchev–Trinajstić information content (AvgIpc) is 3.74. The van der Waals surface area contributed by atoms with Crippen LogP contribution in [-0.4, -0.2) is 81.1 Å². The average molecular weight is 967 g/mol. The number of phenols is 1. The van der Waals surface area contributed by atoms with Crippen molar-refractivity contribution in [1.29, 1.82) is 0 Å². The lowest BCUT2D eigenvalue weighted by Crippen LogP contribution is -2.48. The van der Waals surface area contributed by atoms with Crippen molar-refractivity contribution in [3.8, 4) is 45.4 Å². The highest BCUT2D eigenvalue weighted by atomic mass is 35.5. The number of nitrogens with zero attached hydrogens (tertiary/aromatic N) is 5. The van der Waals surface area contributed by atoms with Crippen LogP contribution in [0.1, 0.15) is 51.4 Å². The Labute approximate surface area is 378 Å². The minimum atomic E-state index is -4.68. The number of alkyl halides is 3. The first kappa shape index (κ1) is 45.7. The number of ether oxygens (including phenoxy) is 1. The van der Waals surface area contributed by atoms with Gasteiger partial charge in [-0.2, -0.15) is 31.8 Å². The summed E-state index contributed by atoms with van der Waals surface area (Å²) in [6, 6.07) is 21.5. The molecule has 1 amide bonds. The Morgan fingerprint density at radius 2 is 1.27 bits per heavy atom. The molecule has 0 radical (unpaired) electrons. The highest BCUT2D eigenvalue weighted by Gasteiger charge is 2.32.